The molecule has 29 heavy (non-hydrogen) atoms. The summed E-state index contributed by atoms with van der Waals surface area (Å²) in [6, 6.07) is 11.5. The van der Waals surface area contributed by atoms with E-state index >= 15 is 0 Å². The van der Waals surface area contributed by atoms with E-state index in [9.17, 15) is 14.4 Å². The number of ether oxygens (including phenoxy) is 2. The maximum Gasteiger partial charge on any atom is 0.337 e. The molecule has 1 aromatic carbocycles. The molecule has 0 unspecified atom stereocenters. The van der Waals surface area contributed by atoms with Crippen molar-refractivity contribution in [2.24, 2.45) is 0 Å². The van der Waals surface area contributed by atoms with Gasteiger partial charge in [-0.05, 0) is 30.3 Å². The molecule has 3 rings (SSSR count). The summed E-state index contributed by atoms with van der Waals surface area (Å²) < 4.78 is 11.1. The van der Waals surface area contributed by atoms with Gasteiger partial charge in [0.1, 0.15) is 0 Å². The number of nitrogens with one attached hydrogen (secondary N) is 2. The summed E-state index contributed by atoms with van der Waals surface area (Å²) >= 11 is 0. The maximum absolute atomic E-state index is 12.8. The van der Waals surface area contributed by atoms with E-state index in [0.29, 0.717) is 29.9 Å². The van der Waals surface area contributed by atoms with Crippen LogP contribution in [0.25, 0.3) is 5.52 Å². The number of esters is 1. The number of nitrogens with zero attached hydrogens (tertiary/aromatic N) is 2. The van der Waals surface area contributed by atoms with Gasteiger partial charge in [-0.3, -0.25) is 14.0 Å². The number of aromatic nitrogens is 2. The van der Waals surface area contributed by atoms with Crippen LogP contribution in [0.3, 0.4) is 0 Å². The van der Waals surface area contributed by atoms with Crippen molar-refractivity contribution < 1.29 is 23.9 Å². The predicted molar refractivity (Wildman–Crippen MR) is 105 cm³/mol. The maximum atomic E-state index is 12.8. The Morgan fingerprint density at radius 2 is 1.90 bits per heavy atom. The molecule has 0 saturated heterocycles. The first-order valence-corrected chi connectivity index (χ1v) is 8.79. The lowest BCUT2D eigenvalue weighted by atomic mass is 10.2. The second kappa shape index (κ2) is 8.98. The van der Waals surface area contributed by atoms with Gasteiger partial charge in [0.05, 0.1) is 24.8 Å². The summed E-state index contributed by atoms with van der Waals surface area (Å²) in [6.45, 7) is 0.685. The summed E-state index contributed by atoms with van der Waals surface area (Å²) in [7, 11) is 2.82. The summed E-state index contributed by atoms with van der Waals surface area (Å²) in [5, 5.41) is 5.39. The number of fused-ring (bicyclic) bond motifs is 1. The van der Waals surface area contributed by atoms with Crippen molar-refractivity contribution in [3.63, 3.8) is 0 Å². The minimum Gasteiger partial charge on any atom is -0.465 e. The van der Waals surface area contributed by atoms with E-state index in [1.165, 1.54) is 24.7 Å². The van der Waals surface area contributed by atoms with Crippen LogP contribution in [-0.2, 0) is 9.47 Å². The molecule has 0 saturated carbocycles. The summed E-state index contributed by atoms with van der Waals surface area (Å²) in [5.74, 6) is -1.40. The van der Waals surface area contributed by atoms with Gasteiger partial charge in [0.25, 0.3) is 11.8 Å². The molecule has 2 amide bonds. The Morgan fingerprint density at radius 1 is 1.07 bits per heavy atom. The smallest absolute Gasteiger partial charge is 0.337 e. The fourth-order valence-electron chi connectivity index (χ4n) is 2.74. The number of hydrogen-bond donors (Lipinski definition) is 2. The van der Waals surface area contributed by atoms with Crippen LogP contribution < -0.4 is 10.6 Å². The van der Waals surface area contributed by atoms with Crippen LogP contribution >= 0.6 is 0 Å². The van der Waals surface area contributed by atoms with Gasteiger partial charge in [-0.2, -0.15) is 0 Å². The van der Waals surface area contributed by atoms with Crippen LogP contribution in [0.2, 0.25) is 0 Å². The van der Waals surface area contributed by atoms with Gasteiger partial charge < -0.3 is 20.1 Å². The predicted octanol–water partition coefficient (Wildman–Crippen LogP) is 1.75. The molecular formula is C20H20N4O5. The molecule has 2 aromatic heterocycles. The Balaban J connectivity index is 1.89. The van der Waals surface area contributed by atoms with Gasteiger partial charge in [-0.25, -0.2) is 9.78 Å². The van der Waals surface area contributed by atoms with Crippen LogP contribution in [-0.4, -0.2) is 54.5 Å². The normalized spacial score (nSPS) is 10.6. The lowest BCUT2D eigenvalue weighted by Crippen LogP contribution is -2.27. The molecule has 9 nitrogen and oxygen atoms in total. The number of carbonyl (C=O) groups is 3. The van der Waals surface area contributed by atoms with Gasteiger partial charge in [-0.15, -0.1) is 0 Å². The second-order valence-corrected chi connectivity index (χ2v) is 6.02. The zero-order valence-electron chi connectivity index (χ0n) is 16.0. The Hall–Kier alpha value is -3.72. The number of carbonyl (C=O) groups excluding carboxylic acids is 3. The lowest BCUT2D eigenvalue weighted by molar-refractivity contribution is 0.0600. The molecule has 0 bridgehead atoms. The number of imidazole rings is 1. The van der Waals surface area contributed by atoms with Gasteiger partial charge in [0, 0.05) is 25.5 Å². The molecule has 0 aliphatic carbocycles. The molecule has 0 aliphatic heterocycles. The largest absolute Gasteiger partial charge is 0.465 e. The topological polar surface area (TPSA) is 111 Å². The molecule has 0 atom stereocenters. The average molecular weight is 396 g/mol. The van der Waals surface area contributed by atoms with Crippen LogP contribution in [0, 0.1) is 0 Å². The van der Waals surface area contributed by atoms with Crippen molar-refractivity contribution in [2.45, 2.75) is 0 Å². The van der Waals surface area contributed by atoms with Crippen LogP contribution in [0.5, 0.6) is 0 Å². The average Bonchev–Trinajstić information content (AvgIpc) is 3.13. The Labute approximate surface area is 166 Å². The van der Waals surface area contributed by atoms with Crippen LogP contribution in [0.15, 0.2) is 48.7 Å². The van der Waals surface area contributed by atoms with Gasteiger partial charge >= 0.3 is 5.97 Å². The fraction of sp³-hybridized carbons (Fsp3) is 0.200. The molecule has 3 aromatic rings. The highest BCUT2D eigenvalue weighted by Gasteiger charge is 2.21. The molecule has 150 valence electrons. The highest BCUT2D eigenvalue weighted by molar-refractivity contribution is 6.06. The van der Waals surface area contributed by atoms with E-state index < -0.39 is 17.8 Å². The van der Waals surface area contributed by atoms with Crippen molar-refractivity contribution >= 4 is 29.0 Å². The third kappa shape index (κ3) is 4.41. The Kier molecular flexibility index (Phi) is 6.20. The van der Waals surface area contributed by atoms with E-state index in [1.807, 2.05) is 0 Å². The summed E-state index contributed by atoms with van der Waals surface area (Å²) in [5.41, 5.74) is 1.33. The number of amides is 2. The van der Waals surface area contributed by atoms with Gasteiger partial charge in [-0.1, -0.05) is 12.1 Å². The number of hydrogen-bond acceptors (Lipinski definition) is 6. The number of methoxy groups -OCH3 is 2. The van der Waals surface area contributed by atoms with Crippen molar-refractivity contribution in [1.29, 1.82) is 0 Å². The second-order valence-electron chi connectivity index (χ2n) is 6.02. The molecule has 2 N–H and O–H groups in total. The standard InChI is InChI=1S/C20H20N4O5/c1-28-11-9-21-18(25)16-15-8-3-4-10-24(15)17(23-16)19(26)22-14-7-5-6-13(12-14)20(27)29-2/h3-8,10,12H,9,11H2,1-2H3,(H,21,25)(H,22,26). The van der Waals surface area contributed by atoms with Crippen molar-refractivity contribution in [1.82, 2.24) is 14.7 Å². The third-order valence-corrected chi connectivity index (χ3v) is 4.10. The third-order valence-electron chi connectivity index (χ3n) is 4.10. The van der Waals surface area contributed by atoms with E-state index in [1.54, 1.807) is 42.6 Å². The van der Waals surface area contributed by atoms with Gasteiger partial charge in [0.2, 0.25) is 5.82 Å². The summed E-state index contributed by atoms with van der Waals surface area (Å²) in [6.07, 6.45) is 1.65. The first-order valence-electron chi connectivity index (χ1n) is 8.79. The number of pyridine rings is 1. The zero-order chi connectivity index (χ0) is 20.8. The highest BCUT2D eigenvalue weighted by Crippen LogP contribution is 2.16. The summed E-state index contributed by atoms with van der Waals surface area (Å²) in [4.78, 5) is 41.2. The van der Waals surface area contributed by atoms with Gasteiger partial charge in [0.15, 0.2) is 5.69 Å². The molecule has 0 aliphatic rings. The van der Waals surface area contributed by atoms with Crippen LogP contribution in [0.4, 0.5) is 5.69 Å². The minimum atomic E-state index is -0.524. The molecule has 2 heterocycles. The van der Waals surface area contributed by atoms with Crippen molar-refractivity contribution in [3.8, 4) is 0 Å². The monoisotopic (exact) mass is 396 g/mol. The molecule has 0 radical (unpaired) electrons. The first-order chi connectivity index (χ1) is 14.0. The van der Waals surface area contributed by atoms with Crippen molar-refractivity contribution in [2.75, 3.05) is 32.7 Å². The Bertz CT molecular complexity index is 1060. The quantitative estimate of drug-likeness (QED) is 0.465. The van der Waals surface area contributed by atoms with Crippen LogP contribution in [0.1, 0.15) is 31.5 Å². The zero-order valence-corrected chi connectivity index (χ0v) is 16.0. The lowest BCUT2D eigenvalue weighted by Gasteiger charge is -2.06. The molecular weight excluding hydrogens is 376 g/mol. The number of rotatable bonds is 7. The van der Waals surface area contributed by atoms with E-state index in [-0.39, 0.29) is 11.5 Å². The minimum absolute atomic E-state index is 0.0426. The number of anilines is 1. The first kappa shape index (κ1) is 20.0. The Morgan fingerprint density at radius 3 is 2.66 bits per heavy atom. The van der Waals surface area contributed by atoms with E-state index in [0.717, 1.165) is 0 Å². The number of benzene rings is 1. The van der Waals surface area contributed by atoms with E-state index in [4.69, 9.17) is 4.74 Å². The fourth-order valence-corrected chi connectivity index (χ4v) is 2.74. The van der Waals surface area contributed by atoms with Crippen molar-refractivity contribution in [3.05, 3.63) is 65.7 Å². The molecule has 0 spiro atoms. The highest BCUT2D eigenvalue weighted by atomic mass is 16.5. The molecule has 0 fully saturated rings. The van der Waals surface area contributed by atoms with E-state index in [2.05, 4.69) is 20.4 Å². The molecule has 9 heteroatoms. The SMILES string of the molecule is COCCNC(=O)c1nc(C(=O)Nc2cccc(C(=O)OC)c2)n2ccccc12.